The van der Waals surface area contributed by atoms with Crippen molar-refractivity contribution < 1.29 is 14.1 Å². The number of hydrogen-bond acceptors (Lipinski definition) is 5. The van der Waals surface area contributed by atoms with Gasteiger partial charge in [0, 0.05) is 0 Å². The maximum absolute atomic E-state index is 12.6. The van der Waals surface area contributed by atoms with Gasteiger partial charge < -0.3 is 15.5 Å². The number of hydrogen-bond donors (Lipinski definition) is 2. The molecule has 0 aliphatic carbocycles. The molecule has 3 aromatic rings. The van der Waals surface area contributed by atoms with Crippen LogP contribution in [0.15, 0.2) is 46.1 Å². The summed E-state index contributed by atoms with van der Waals surface area (Å²) in [6.07, 6.45) is 0. The Kier molecular flexibility index (Phi) is 7.77. The van der Waals surface area contributed by atoms with Crippen molar-refractivity contribution >= 4 is 28.2 Å². The third-order valence-corrected chi connectivity index (χ3v) is 3.08. The van der Waals surface area contributed by atoms with Gasteiger partial charge in [-0.2, -0.15) is 0 Å². The first-order valence-corrected chi connectivity index (χ1v) is 7.68. The molecule has 0 spiro atoms. The first kappa shape index (κ1) is 20.6. The van der Waals surface area contributed by atoms with Crippen LogP contribution in [-0.4, -0.2) is 16.1 Å². The lowest BCUT2D eigenvalue weighted by Crippen LogP contribution is -1.83. The van der Waals surface area contributed by atoms with Gasteiger partial charge in [0.1, 0.15) is 5.82 Å². The minimum Gasteiger partial charge on any atom is -0.411 e. The van der Waals surface area contributed by atoms with Crippen LogP contribution in [0.5, 0.6) is 0 Å². The largest absolute Gasteiger partial charge is 0.411 e. The molecule has 7 heteroatoms. The predicted molar refractivity (Wildman–Crippen MR) is 101 cm³/mol. The second kappa shape index (κ2) is 9.79. The van der Waals surface area contributed by atoms with Crippen molar-refractivity contribution in [3.63, 3.8) is 0 Å². The number of rotatable bonds is 0. The minimum absolute atomic E-state index is 0.0972. The van der Waals surface area contributed by atoms with Crippen LogP contribution in [-0.2, 0) is 0 Å². The van der Waals surface area contributed by atoms with E-state index in [1.165, 1.54) is 12.1 Å². The Morgan fingerprint density at radius 1 is 1.19 bits per heavy atom. The van der Waals surface area contributed by atoms with Crippen LogP contribution in [0.4, 0.5) is 15.9 Å². The molecule has 2 aromatic carbocycles. The Bertz CT molecular complexity index is 938. The molecule has 1 aromatic heterocycles. The smallest absolute Gasteiger partial charge is 0.222 e. The standard InChI is InChI=1S/C8H6FN.C8H8N2O.C3H7NO/c1-6-3-4-7(9)8(5-6)10-2;1-5-2-3-7-6(4-5)8(9)10-11-7;1-3(2)4-5/h3-5H,1H3;2-4H,1H3,(H2,9,10);5H,1-2H3. The van der Waals surface area contributed by atoms with E-state index in [0.29, 0.717) is 11.5 Å². The van der Waals surface area contributed by atoms with Crippen molar-refractivity contribution in [3.05, 3.63) is 64.8 Å². The monoisotopic (exact) mass is 356 g/mol. The summed E-state index contributed by atoms with van der Waals surface area (Å²) in [6, 6.07) is 10.3. The summed E-state index contributed by atoms with van der Waals surface area (Å²) in [5, 5.41) is 15.1. The molecule has 3 N–H and O–H groups in total. The van der Waals surface area contributed by atoms with Gasteiger partial charge in [-0.05, 0) is 45.9 Å². The number of nitrogens with two attached hydrogens (primary N) is 1. The highest BCUT2D eigenvalue weighted by Gasteiger charge is 2.02. The van der Waals surface area contributed by atoms with Crippen molar-refractivity contribution in [1.82, 2.24) is 5.16 Å². The van der Waals surface area contributed by atoms with E-state index in [9.17, 15) is 4.39 Å². The SMILES string of the molecule is CC(C)=NO.Cc1ccc2onc(N)c2c1.[C-]#[N+]c1cc(C)ccc1F. The summed E-state index contributed by atoms with van der Waals surface area (Å²) in [4.78, 5) is 3.01. The lowest BCUT2D eigenvalue weighted by molar-refractivity contribution is 0.318. The maximum Gasteiger partial charge on any atom is 0.222 e. The van der Waals surface area contributed by atoms with Crippen molar-refractivity contribution in [2.24, 2.45) is 5.16 Å². The van der Waals surface area contributed by atoms with E-state index in [1.54, 1.807) is 19.9 Å². The molecule has 0 saturated carbocycles. The zero-order valence-corrected chi connectivity index (χ0v) is 15.1. The number of benzene rings is 2. The molecule has 1 heterocycles. The van der Waals surface area contributed by atoms with Gasteiger partial charge in [0.25, 0.3) is 0 Å². The van der Waals surface area contributed by atoms with Crippen LogP contribution in [0.25, 0.3) is 15.8 Å². The maximum atomic E-state index is 12.6. The lowest BCUT2D eigenvalue weighted by Gasteiger charge is -1.93. The summed E-state index contributed by atoms with van der Waals surface area (Å²) < 4.78 is 17.5. The topological polar surface area (TPSA) is 89.0 Å². The fraction of sp³-hybridized carbons (Fsp3) is 0.211. The molecule has 0 aliphatic rings. The average molecular weight is 356 g/mol. The van der Waals surface area contributed by atoms with Gasteiger partial charge in [-0.25, -0.2) is 9.24 Å². The Balaban J connectivity index is 0.000000210. The first-order chi connectivity index (χ1) is 12.3. The van der Waals surface area contributed by atoms with Gasteiger partial charge in [0.05, 0.1) is 17.7 Å². The number of nitrogens with zero attached hydrogens (tertiary/aromatic N) is 3. The highest BCUT2D eigenvalue weighted by Crippen LogP contribution is 2.20. The van der Waals surface area contributed by atoms with Gasteiger partial charge in [0.2, 0.25) is 5.69 Å². The van der Waals surface area contributed by atoms with Gasteiger partial charge in [0.15, 0.2) is 11.4 Å². The van der Waals surface area contributed by atoms with Crippen LogP contribution in [0, 0.1) is 26.2 Å². The summed E-state index contributed by atoms with van der Waals surface area (Å²) in [5.41, 5.74) is 9.14. The van der Waals surface area contributed by atoms with Crippen molar-refractivity contribution in [2.45, 2.75) is 27.7 Å². The highest BCUT2D eigenvalue weighted by molar-refractivity contribution is 5.87. The Morgan fingerprint density at radius 2 is 1.77 bits per heavy atom. The van der Waals surface area contributed by atoms with Gasteiger partial charge in [-0.15, -0.1) is 0 Å². The molecule has 0 unspecified atom stereocenters. The Hall–Kier alpha value is -3.40. The summed E-state index contributed by atoms with van der Waals surface area (Å²) >= 11 is 0. The number of halogens is 1. The zero-order chi connectivity index (χ0) is 19.7. The molecule has 6 nitrogen and oxygen atoms in total. The Labute approximate surface area is 151 Å². The number of nitrogen functional groups attached to an aromatic ring is 1. The van der Waals surface area contributed by atoms with Crippen molar-refractivity contribution in [3.8, 4) is 0 Å². The zero-order valence-electron chi connectivity index (χ0n) is 15.1. The summed E-state index contributed by atoms with van der Waals surface area (Å²) in [6.45, 7) is 13.8. The fourth-order valence-electron chi connectivity index (χ4n) is 1.78. The first-order valence-electron chi connectivity index (χ1n) is 7.68. The average Bonchev–Trinajstić information content (AvgIpc) is 2.98. The number of oxime groups is 1. The van der Waals surface area contributed by atoms with Gasteiger partial charge in [-0.3, -0.25) is 0 Å². The van der Waals surface area contributed by atoms with Crippen LogP contribution in [0.2, 0.25) is 0 Å². The molecule has 3 rings (SSSR count). The van der Waals surface area contributed by atoms with Gasteiger partial charge in [-0.1, -0.05) is 39.6 Å². The van der Waals surface area contributed by atoms with E-state index in [4.69, 9.17) is 22.0 Å². The van der Waals surface area contributed by atoms with Crippen molar-refractivity contribution in [1.29, 1.82) is 0 Å². The molecule has 0 bridgehead atoms. The molecule has 0 saturated heterocycles. The van der Waals surface area contributed by atoms with E-state index in [0.717, 1.165) is 22.1 Å². The highest BCUT2D eigenvalue weighted by atomic mass is 19.1. The lowest BCUT2D eigenvalue weighted by atomic mass is 10.2. The molecule has 0 aliphatic heterocycles. The summed E-state index contributed by atoms with van der Waals surface area (Å²) in [7, 11) is 0. The quantitative estimate of drug-likeness (QED) is 0.249. The van der Waals surface area contributed by atoms with Crippen molar-refractivity contribution in [2.75, 3.05) is 5.73 Å². The number of aryl methyl sites for hydroxylation is 2. The molecular formula is C19H21FN4O2. The fourth-order valence-corrected chi connectivity index (χ4v) is 1.78. The molecule has 0 atom stereocenters. The van der Waals surface area contributed by atoms with E-state index < -0.39 is 5.82 Å². The molecule has 0 fully saturated rings. The molecule has 136 valence electrons. The normalized spacial score (nSPS) is 9.23. The van der Waals surface area contributed by atoms with Crippen LogP contribution < -0.4 is 5.73 Å². The molecule has 26 heavy (non-hydrogen) atoms. The second-order valence-electron chi connectivity index (χ2n) is 5.68. The van der Waals surface area contributed by atoms with E-state index in [-0.39, 0.29) is 5.69 Å². The number of anilines is 1. The third kappa shape index (κ3) is 6.24. The second-order valence-corrected chi connectivity index (χ2v) is 5.68. The Morgan fingerprint density at radius 3 is 2.31 bits per heavy atom. The van der Waals surface area contributed by atoms with Crippen LogP contribution in [0.3, 0.4) is 0 Å². The van der Waals surface area contributed by atoms with Crippen LogP contribution >= 0.6 is 0 Å². The molecule has 0 amide bonds. The van der Waals surface area contributed by atoms with Gasteiger partial charge >= 0.3 is 0 Å². The number of fused-ring (bicyclic) bond motifs is 1. The van der Waals surface area contributed by atoms with E-state index in [1.807, 2.05) is 32.0 Å². The van der Waals surface area contributed by atoms with Crippen LogP contribution in [0.1, 0.15) is 25.0 Å². The number of aromatic nitrogens is 1. The van der Waals surface area contributed by atoms with E-state index in [2.05, 4.69) is 15.2 Å². The predicted octanol–water partition coefficient (Wildman–Crippen LogP) is 5.26. The third-order valence-electron chi connectivity index (χ3n) is 3.08. The summed E-state index contributed by atoms with van der Waals surface area (Å²) in [5.74, 6) is 0.0179. The molecular weight excluding hydrogens is 335 g/mol. The molecule has 0 radical (unpaired) electrons. The minimum atomic E-state index is -0.444. The van der Waals surface area contributed by atoms with E-state index >= 15 is 0 Å².